The maximum atomic E-state index is 12.4. The van der Waals surface area contributed by atoms with E-state index >= 15 is 0 Å². The van der Waals surface area contributed by atoms with Gasteiger partial charge in [-0.15, -0.1) is 10.2 Å². The molecule has 0 aliphatic carbocycles. The molecule has 4 aromatic carbocycles. The minimum Gasteiger partial charge on any atom is -0.744 e. The van der Waals surface area contributed by atoms with E-state index in [9.17, 15) is 61.1 Å². The summed E-state index contributed by atoms with van der Waals surface area (Å²) in [6, 6.07) is 14.0. The molecule has 0 heterocycles. The van der Waals surface area contributed by atoms with Gasteiger partial charge >= 0.3 is 37.7 Å². The molecular formula is C32H27CaCl2N8O14S2+. The van der Waals surface area contributed by atoms with Crippen LogP contribution in [-0.4, -0.2) is 109 Å². The second-order valence-corrected chi connectivity index (χ2v) is 14.8. The van der Waals surface area contributed by atoms with Crippen molar-refractivity contribution in [3.8, 4) is 0 Å². The molecule has 0 aliphatic rings. The van der Waals surface area contributed by atoms with Crippen LogP contribution in [0.5, 0.6) is 0 Å². The Balaban J connectivity index is 0.000000400. The van der Waals surface area contributed by atoms with Crippen LogP contribution >= 0.6 is 23.2 Å². The zero-order chi connectivity index (χ0) is 43.5. The summed E-state index contributed by atoms with van der Waals surface area (Å²) in [6.45, 7) is 2.16. The van der Waals surface area contributed by atoms with Gasteiger partial charge in [-0.2, -0.15) is 23.9 Å². The predicted molar refractivity (Wildman–Crippen MR) is 207 cm³/mol. The van der Waals surface area contributed by atoms with Crippen LogP contribution in [0.3, 0.4) is 0 Å². The van der Waals surface area contributed by atoms with Gasteiger partial charge in [-0.05, 0) is 62.4 Å². The number of anilines is 2. The van der Waals surface area contributed by atoms with Crippen LogP contribution in [0, 0.1) is 15.3 Å². The van der Waals surface area contributed by atoms with Gasteiger partial charge in [-0.25, -0.2) is 13.6 Å². The van der Waals surface area contributed by atoms with E-state index in [4.69, 9.17) is 27.8 Å². The van der Waals surface area contributed by atoms with Gasteiger partial charge in [-0.3, -0.25) is 33.8 Å². The third-order valence-corrected chi connectivity index (χ3v) is 9.36. The summed E-state index contributed by atoms with van der Waals surface area (Å²) in [5.41, 5.74) is -1.74. The number of quaternary nitrogens is 1. The number of nitrogens with one attached hydrogen (secondary N) is 3. The molecule has 0 aromatic heterocycles. The number of hydrogen-bond acceptors (Lipinski definition) is 17. The standard InChI is InChI=1S/C16H15ClN4O7S.C16H13ClN4O7S.Ca/c2*1-9(22)15(16(23)18-12-5-3-2-4-11(12)17)20-19-13-7-6-10(29(26,27)28)8-14(13)21(24)25;/h2-8,15,21,24H,1H3,(H,18,23)(H,26,27,28);2-8,15H,1H3,(H,18,23)(H,26,27,28);/q;;+2/p-1. The number of para-hydroxylation sites is 2. The Hall–Kier alpha value is -4.70. The number of halogens is 2. The summed E-state index contributed by atoms with van der Waals surface area (Å²) in [7, 11) is -9.57. The molecule has 0 saturated carbocycles. The van der Waals surface area contributed by atoms with Gasteiger partial charge in [0.2, 0.25) is 12.1 Å². The van der Waals surface area contributed by atoms with Crippen molar-refractivity contribution in [1.29, 1.82) is 0 Å². The first-order valence-electron chi connectivity index (χ1n) is 15.5. The van der Waals surface area contributed by atoms with Crippen LogP contribution in [-0.2, 0) is 39.4 Å². The number of benzene rings is 4. The molecule has 0 fully saturated rings. The second-order valence-electron chi connectivity index (χ2n) is 11.2. The molecule has 0 bridgehead atoms. The van der Waals surface area contributed by atoms with E-state index in [-0.39, 0.29) is 64.8 Å². The Morgan fingerprint density at radius 2 is 1.17 bits per heavy atom. The topological polar surface area (TPSA) is 344 Å². The SMILES string of the molecule is CC(=O)C(N=Nc1ccc(S(=O)(=O)O)cc1[NH+]([O-])O)C(=O)Nc1ccccc1Cl.CC(=O)C(N=Nc1ccc(S(=O)(=O)[O-])cc1[N+](=O)[O-])C(=O)Nc1ccccc1Cl.[Ca+2]. The maximum Gasteiger partial charge on any atom is 2.00 e. The van der Waals surface area contributed by atoms with Crippen molar-refractivity contribution in [3.63, 3.8) is 0 Å². The summed E-state index contributed by atoms with van der Waals surface area (Å²) < 4.78 is 64.4. The Kier molecular flexibility index (Phi) is 18.9. The molecule has 306 valence electrons. The Bertz CT molecular complexity index is 2550. The predicted octanol–water partition coefficient (Wildman–Crippen LogP) is 4.12. The minimum absolute atomic E-state index is 0. The fourth-order valence-corrected chi connectivity index (χ4v) is 5.59. The number of nitro benzene ring substituents is 1. The van der Waals surface area contributed by atoms with Gasteiger partial charge in [0.1, 0.15) is 20.7 Å². The van der Waals surface area contributed by atoms with Crippen LogP contribution in [0.1, 0.15) is 13.8 Å². The van der Waals surface area contributed by atoms with E-state index in [0.29, 0.717) is 12.1 Å². The first kappa shape index (κ1) is 50.4. The zero-order valence-corrected chi connectivity index (χ0v) is 35.4. The number of ketones is 2. The number of amides is 2. The number of carbonyl (C=O) groups is 4. The van der Waals surface area contributed by atoms with Gasteiger partial charge in [0.05, 0.1) is 31.2 Å². The molecule has 3 unspecified atom stereocenters. The van der Waals surface area contributed by atoms with E-state index < -0.39 is 92.7 Å². The van der Waals surface area contributed by atoms with E-state index in [1.807, 2.05) is 0 Å². The third kappa shape index (κ3) is 14.8. The number of hydrogen-bond donors (Lipinski definition) is 5. The normalized spacial score (nSPS) is 12.9. The van der Waals surface area contributed by atoms with Crippen LogP contribution in [0.25, 0.3) is 0 Å². The van der Waals surface area contributed by atoms with Crippen molar-refractivity contribution >= 4 is 139 Å². The molecule has 0 radical (unpaired) electrons. The van der Waals surface area contributed by atoms with Crippen LogP contribution in [0.2, 0.25) is 10.0 Å². The molecule has 4 rings (SSSR count). The zero-order valence-electron chi connectivity index (χ0n) is 30.0. The summed E-state index contributed by atoms with van der Waals surface area (Å²) >= 11 is 11.9. The van der Waals surface area contributed by atoms with Crippen molar-refractivity contribution in [1.82, 2.24) is 0 Å². The van der Waals surface area contributed by atoms with E-state index in [2.05, 4.69) is 31.1 Å². The Labute approximate surface area is 373 Å². The van der Waals surface area contributed by atoms with Crippen molar-refractivity contribution in [2.24, 2.45) is 20.5 Å². The summed E-state index contributed by atoms with van der Waals surface area (Å²) in [5.74, 6) is -3.11. The molecule has 2 amide bonds. The molecule has 0 aliphatic heterocycles. The first-order chi connectivity index (χ1) is 27.0. The number of Topliss-reactive ketones (excluding diaryl/α,β-unsaturated/α-hetero) is 2. The summed E-state index contributed by atoms with van der Waals surface area (Å²) in [5, 5.41) is 49.7. The van der Waals surface area contributed by atoms with Crippen LogP contribution in [0.15, 0.2) is 115 Å². The minimum atomic E-state index is -4.93. The smallest absolute Gasteiger partial charge is 0.744 e. The molecule has 0 saturated heterocycles. The van der Waals surface area contributed by atoms with Crippen LogP contribution in [0.4, 0.5) is 34.1 Å². The molecular weight excluding hydrogens is 896 g/mol. The fraction of sp³-hybridized carbons (Fsp3) is 0.125. The van der Waals surface area contributed by atoms with E-state index in [0.717, 1.165) is 38.1 Å². The number of nitrogens with zero attached hydrogens (tertiary/aromatic N) is 5. The Morgan fingerprint density at radius 3 is 1.56 bits per heavy atom. The molecule has 3 atom stereocenters. The monoisotopic (exact) mass is 921 g/mol. The first-order valence-corrected chi connectivity index (χ1v) is 19.1. The van der Waals surface area contributed by atoms with Crippen molar-refractivity contribution in [3.05, 3.63) is 110 Å². The van der Waals surface area contributed by atoms with Crippen molar-refractivity contribution in [2.45, 2.75) is 35.7 Å². The van der Waals surface area contributed by atoms with Gasteiger partial charge < -0.3 is 20.4 Å². The summed E-state index contributed by atoms with van der Waals surface area (Å²) in [6.07, 6.45) is 0. The number of azo groups is 2. The fourth-order valence-electron chi connectivity index (χ4n) is 4.23. The number of rotatable bonds is 14. The van der Waals surface area contributed by atoms with E-state index in [1.165, 1.54) is 24.3 Å². The Morgan fingerprint density at radius 1 is 0.746 bits per heavy atom. The van der Waals surface area contributed by atoms with Gasteiger partial charge in [-0.1, -0.05) is 47.5 Å². The third-order valence-electron chi connectivity index (χ3n) is 7.02. The molecule has 5 N–H and O–H groups in total. The molecule has 27 heteroatoms. The van der Waals surface area contributed by atoms with Crippen molar-refractivity contribution in [2.75, 3.05) is 10.6 Å². The van der Waals surface area contributed by atoms with Crippen LogP contribution < -0.4 is 15.9 Å². The second kappa shape index (κ2) is 22.1. The molecule has 4 aromatic rings. The van der Waals surface area contributed by atoms with Gasteiger partial charge in [0.15, 0.2) is 22.9 Å². The summed E-state index contributed by atoms with van der Waals surface area (Å²) in [4.78, 5) is 57.0. The van der Waals surface area contributed by atoms with Crippen molar-refractivity contribution < 1.29 is 60.5 Å². The largest absolute Gasteiger partial charge is 2.00 e. The molecule has 22 nitrogen and oxygen atoms in total. The average Bonchev–Trinajstić information content (AvgIpc) is 3.12. The van der Waals surface area contributed by atoms with Gasteiger partial charge in [0.25, 0.3) is 27.6 Å². The van der Waals surface area contributed by atoms with Gasteiger partial charge in [0, 0.05) is 12.1 Å². The quantitative estimate of drug-likeness (QED) is 0.0297. The average molecular weight is 923 g/mol. The number of carbonyl (C=O) groups excluding carboxylic acids is 4. The molecule has 0 spiro atoms. The maximum absolute atomic E-state index is 12.4. The number of nitro groups is 1. The van der Waals surface area contributed by atoms with E-state index in [1.54, 1.807) is 24.3 Å². The molecule has 59 heavy (non-hydrogen) atoms.